The van der Waals surface area contributed by atoms with Gasteiger partial charge in [-0.2, -0.15) is 0 Å². The van der Waals surface area contributed by atoms with Gasteiger partial charge in [-0.1, -0.05) is 36.4 Å². The Bertz CT molecular complexity index is 242. The maximum Gasteiger partial charge on any atom is 0.226 e. The summed E-state index contributed by atoms with van der Waals surface area (Å²) in [7, 11) is 0. The van der Waals surface area contributed by atoms with Gasteiger partial charge < -0.3 is 4.90 Å². The first kappa shape index (κ1) is 14.7. The second-order valence-corrected chi connectivity index (χ2v) is 6.04. The van der Waals surface area contributed by atoms with Crippen LogP contribution in [0.1, 0.15) is 41.0 Å². The molecule has 88 valence electrons. The zero-order valence-corrected chi connectivity index (χ0v) is 12.0. The molecule has 1 amide bonds. The van der Waals surface area contributed by atoms with Crippen molar-refractivity contribution >= 4 is 21.8 Å². The van der Waals surface area contributed by atoms with Crippen LogP contribution in [0.25, 0.3) is 0 Å². The summed E-state index contributed by atoms with van der Waals surface area (Å²) in [6, 6.07) is 0. The highest BCUT2D eigenvalue weighted by Gasteiger charge is 2.28. The molecule has 0 N–H and O–H groups in total. The lowest BCUT2D eigenvalue weighted by atomic mass is 10.0. The zero-order chi connectivity index (χ0) is 12.2. The monoisotopic (exact) mass is 275 g/mol. The van der Waals surface area contributed by atoms with E-state index < -0.39 is 0 Å². The fourth-order valence-corrected chi connectivity index (χ4v) is 1.51. The molecule has 0 saturated heterocycles. The summed E-state index contributed by atoms with van der Waals surface area (Å²) < 4.78 is 0.842. The lowest BCUT2D eigenvalue weighted by molar-refractivity contribution is -0.139. The number of halogens is 1. The molecular weight excluding hydrogens is 254 g/mol. The summed E-state index contributed by atoms with van der Waals surface area (Å²) in [6.45, 7) is 14.5. The van der Waals surface area contributed by atoms with Crippen LogP contribution in [-0.4, -0.2) is 22.9 Å². The van der Waals surface area contributed by atoms with E-state index in [2.05, 4.69) is 22.5 Å². The van der Waals surface area contributed by atoms with Crippen LogP contribution < -0.4 is 0 Å². The van der Waals surface area contributed by atoms with Crippen molar-refractivity contribution in [3.05, 3.63) is 11.1 Å². The van der Waals surface area contributed by atoms with Crippen LogP contribution >= 0.6 is 15.9 Å². The minimum absolute atomic E-state index is 0.0797. The minimum atomic E-state index is -0.156. The van der Waals surface area contributed by atoms with Crippen LogP contribution in [0.2, 0.25) is 0 Å². The molecule has 0 unspecified atom stereocenters. The Kier molecular flexibility index (Phi) is 5.57. The number of hydrogen-bond donors (Lipinski definition) is 0. The van der Waals surface area contributed by atoms with E-state index in [4.69, 9.17) is 0 Å². The SMILES string of the molecule is C=C(Br)CN(C(=O)[C@@H](C)CC)C(C)(C)C. The Hall–Kier alpha value is -0.310. The van der Waals surface area contributed by atoms with Crippen LogP contribution in [0.3, 0.4) is 0 Å². The molecule has 1 atom stereocenters. The molecule has 0 heterocycles. The maximum atomic E-state index is 12.1. The summed E-state index contributed by atoms with van der Waals surface area (Å²) >= 11 is 3.32. The van der Waals surface area contributed by atoms with Crippen molar-refractivity contribution in [1.29, 1.82) is 0 Å². The van der Waals surface area contributed by atoms with Gasteiger partial charge in [-0.25, -0.2) is 0 Å². The lowest BCUT2D eigenvalue weighted by Crippen LogP contribution is -2.48. The van der Waals surface area contributed by atoms with Gasteiger partial charge in [-0.05, 0) is 27.2 Å². The molecule has 0 rings (SSSR count). The second-order valence-electron chi connectivity index (χ2n) is 4.92. The molecule has 0 aliphatic rings. The van der Waals surface area contributed by atoms with Crippen molar-refractivity contribution in [2.24, 2.45) is 5.92 Å². The van der Waals surface area contributed by atoms with E-state index in [0.29, 0.717) is 6.54 Å². The standard InChI is InChI=1S/C12H22BrNO/c1-7-9(2)11(15)14(8-10(3)13)12(4,5)6/h9H,3,7-8H2,1-2,4-6H3/t9-/m0/s1. The second kappa shape index (κ2) is 5.69. The normalized spacial score (nSPS) is 13.5. The summed E-state index contributed by atoms with van der Waals surface area (Å²) in [6.07, 6.45) is 0.875. The Morgan fingerprint density at radius 2 is 1.93 bits per heavy atom. The average Bonchev–Trinajstić information content (AvgIpc) is 2.09. The lowest BCUT2D eigenvalue weighted by Gasteiger charge is -2.37. The maximum absolute atomic E-state index is 12.1. The molecule has 0 spiro atoms. The van der Waals surface area contributed by atoms with E-state index in [-0.39, 0.29) is 17.4 Å². The van der Waals surface area contributed by atoms with Gasteiger partial charge in [0, 0.05) is 15.9 Å². The third-order valence-corrected chi connectivity index (χ3v) is 2.69. The molecule has 0 aliphatic carbocycles. The van der Waals surface area contributed by atoms with Gasteiger partial charge in [0.2, 0.25) is 5.91 Å². The van der Waals surface area contributed by atoms with E-state index in [9.17, 15) is 4.79 Å². The first-order chi connectivity index (χ1) is 6.70. The topological polar surface area (TPSA) is 20.3 Å². The van der Waals surface area contributed by atoms with Crippen LogP contribution in [0.5, 0.6) is 0 Å². The predicted molar refractivity (Wildman–Crippen MR) is 69.0 cm³/mol. The third-order valence-electron chi connectivity index (χ3n) is 2.44. The average molecular weight is 276 g/mol. The highest BCUT2D eigenvalue weighted by Crippen LogP contribution is 2.20. The summed E-state index contributed by atoms with van der Waals surface area (Å²) in [5, 5.41) is 0. The number of amides is 1. The molecular formula is C12H22BrNO. The first-order valence-corrected chi connectivity index (χ1v) is 6.14. The molecule has 0 radical (unpaired) electrons. The third kappa shape index (κ3) is 4.83. The minimum Gasteiger partial charge on any atom is -0.333 e. The van der Waals surface area contributed by atoms with Crippen LogP contribution in [0, 0.1) is 5.92 Å². The molecule has 0 bridgehead atoms. The fraction of sp³-hybridized carbons (Fsp3) is 0.750. The number of hydrogen-bond acceptors (Lipinski definition) is 1. The van der Waals surface area contributed by atoms with Gasteiger partial charge in [-0.3, -0.25) is 4.79 Å². The molecule has 0 aromatic rings. The Balaban J connectivity index is 4.79. The van der Waals surface area contributed by atoms with Crippen molar-refractivity contribution in [1.82, 2.24) is 4.90 Å². The summed E-state index contributed by atoms with van der Waals surface area (Å²) in [5.74, 6) is 0.279. The van der Waals surface area contributed by atoms with Crippen molar-refractivity contribution in [3.8, 4) is 0 Å². The predicted octanol–water partition coefficient (Wildman–Crippen LogP) is 3.57. The Labute approximate surface area is 102 Å². The van der Waals surface area contributed by atoms with Crippen molar-refractivity contribution in [2.45, 2.75) is 46.6 Å². The first-order valence-electron chi connectivity index (χ1n) is 5.35. The fourth-order valence-electron chi connectivity index (χ4n) is 1.26. The molecule has 0 aromatic heterocycles. The van der Waals surface area contributed by atoms with Crippen LogP contribution in [-0.2, 0) is 4.79 Å². The van der Waals surface area contributed by atoms with E-state index in [1.165, 1.54) is 0 Å². The number of rotatable bonds is 4. The molecule has 2 nitrogen and oxygen atoms in total. The number of carbonyl (C=O) groups excluding carboxylic acids is 1. The van der Waals surface area contributed by atoms with E-state index in [0.717, 1.165) is 10.9 Å². The Morgan fingerprint density at radius 1 is 1.47 bits per heavy atom. The van der Waals surface area contributed by atoms with Gasteiger partial charge in [0.15, 0.2) is 0 Å². The van der Waals surface area contributed by atoms with Gasteiger partial charge in [-0.15, -0.1) is 0 Å². The van der Waals surface area contributed by atoms with Gasteiger partial charge in [0.05, 0.1) is 6.54 Å². The summed E-state index contributed by atoms with van der Waals surface area (Å²) in [4.78, 5) is 14.0. The van der Waals surface area contributed by atoms with Gasteiger partial charge >= 0.3 is 0 Å². The van der Waals surface area contributed by atoms with Gasteiger partial charge in [0.1, 0.15) is 0 Å². The van der Waals surface area contributed by atoms with Crippen LogP contribution in [0.4, 0.5) is 0 Å². The Morgan fingerprint density at radius 3 is 2.20 bits per heavy atom. The number of nitrogens with zero attached hydrogens (tertiary/aromatic N) is 1. The molecule has 0 saturated carbocycles. The summed E-state index contributed by atoms with van der Waals surface area (Å²) in [5.41, 5.74) is -0.156. The van der Waals surface area contributed by atoms with Crippen molar-refractivity contribution in [2.75, 3.05) is 6.54 Å². The largest absolute Gasteiger partial charge is 0.333 e. The van der Waals surface area contributed by atoms with Gasteiger partial charge in [0.25, 0.3) is 0 Å². The highest BCUT2D eigenvalue weighted by atomic mass is 79.9. The number of carbonyl (C=O) groups is 1. The smallest absolute Gasteiger partial charge is 0.226 e. The van der Waals surface area contributed by atoms with E-state index in [1.807, 2.05) is 39.5 Å². The van der Waals surface area contributed by atoms with Crippen molar-refractivity contribution < 1.29 is 4.79 Å². The molecule has 0 aromatic carbocycles. The zero-order valence-electron chi connectivity index (χ0n) is 10.4. The highest BCUT2D eigenvalue weighted by molar-refractivity contribution is 9.11. The quantitative estimate of drug-likeness (QED) is 0.768. The molecule has 0 aliphatic heterocycles. The van der Waals surface area contributed by atoms with Crippen molar-refractivity contribution in [3.63, 3.8) is 0 Å². The van der Waals surface area contributed by atoms with E-state index >= 15 is 0 Å². The molecule has 15 heavy (non-hydrogen) atoms. The molecule has 3 heteroatoms. The van der Waals surface area contributed by atoms with Crippen LogP contribution in [0.15, 0.2) is 11.1 Å². The van der Waals surface area contributed by atoms with E-state index in [1.54, 1.807) is 0 Å². The molecule has 0 fully saturated rings.